The number of nitrogens with zero attached hydrogens (tertiary/aromatic N) is 1. The zero-order valence-electron chi connectivity index (χ0n) is 26.6. The average molecular weight is 610 g/mol. The van der Waals surface area contributed by atoms with Crippen LogP contribution in [0.1, 0.15) is 5.56 Å². The SMILES string of the molecule is Cc1ccc(-c2ccc3ccc4c(-c5cc(-c6ccccc6)cc(-n6c7ccccc7c7ccccc76)c5)ccc5ccc2c3c54)cc1. The number of fused-ring (bicyclic) bond motifs is 3. The highest BCUT2D eigenvalue weighted by atomic mass is 15.0. The van der Waals surface area contributed by atoms with Crippen molar-refractivity contribution in [3.05, 3.63) is 175 Å². The molecule has 0 fully saturated rings. The van der Waals surface area contributed by atoms with Crippen LogP contribution in [0.2, 0.25) is 0 Å². The van der Waals surface area contributed by atoms with Gasteiger partial charge < -0.3 is 4.57 Å². The summed E-state index contributed by atoms with van der Waals surface area (Å²) in [6.45, 7) is 2.15. The van der Waals surface area contributed by atoms with Gasteiger partial charge in [-0.3, -0.25) is 0 Å². The fourth-order valence-corrected chi connectivity index (χ4v) is 7.93. The van der Waals surface area contributed by atoms with Gasteiger partial charge in [-0.15, -0.1) is 0 Å². The van der Waals surface area contributed by atoms with Gasteiger partial charge in [0.25, 0.3) is 0 Å². The van der Waals surface area contributed by atoms with Crippen LogP contribution in [-0.4, -0.2) is 4.57 Å². The summed E-state index contributed by atoms with van der Waals surface area (Å²) in [6.07, 6.45) is 0. The molecule has 0 saturated carbocycles. The van der Waals surface area contributed by atoms with Gasteiger partial charge >= 0.3 is 0 Å². The predicted molar refractivity (Wildman–Crippen MR) is 206 cm³/mol. The van der Waals surface area contributed by atoms with Gasteiger partial charge in [-0.25, -0.2) is 0 Å². The minimum Gasteiger partial charge on any atom is -0.309 e. The first-order valence-corrected chi connectivity index (χ1v) is 16.7. The van der Waals surface area contributed by atoms with E-state index in [0.29, 0.717) is 0 Å². The number of hydrogen-bond donors (Lipinski definition) is 0. The smallest absolute Gasteiger partial charge is 0.0541 e. The van der Waals surface area contributed by atoms with Crippen molar-refractivity contribution in [2.24, 2.45) is 0 Å². The monoisotopic (exact) mass is 609 g/mol. The summed E-state index contributed by atoms with van der Waals surface area (Å²) in [5.74, 6) is 0. The summed E-state index contributed by atoms with van der Waals surface area (Å²) in [7, 11) is 0. The second kappa shape index (κ2) is 10.4. The molecule has 0 saturated heterocycles. The third kappa shape index (κ3) is 4.04. The molecule has 10 rings (SSSR count). The number of aromatic nitrogens is 1. The van der Waals surface area contributed by atoms with E-state index in [4.69, 9.17) is 0 Å². The molecule has 0 radical (unpaired) electrons. The quantitative estimate of drug-likeness (QED) is 0.175. The van der Waals surface area contributed by atoms with Crippen LogP contribution in [0.5, 0.6) is 0 Å². The van der Waals surface area contributed by atoms with Gasteiger partial charge in [-0.05, 0) is 103 Å². The normalized spacial score (nSPS) is 11.9. The highest BCUT2D eigenvalue weighted by Crippen LogP contribution is 2.44. The molecule has 0 unspecified atom stereocenters. The van der Waals surface area contributed by atoms with Crippen LogP contribution in [0.15, 0.2) is 170 Å². The number of rotatable bonds is 4. The predicted octanol–water partition coefficient (Wildman–Crippen LogP) is 13.0. The van der Waals surface area contributed by atoms with Crippen molar-refractivity contribution in [2.45, 2.75) is 6.92 Å². The second-order valence-electron chi connectivity index (χ2n) is 13.0. The van der Waals surface area contributed by atoms with Crippen molar-refractivity contribution in [1.29, 1.82) is 0 Å². The van der Waals surface area contributed by atoms with E-state index in [9.17, 15) is 0 Å². The van der Waals surface area contributed by atoms with Crippen LogP contribution >= 0.6 is 0 Å². The third-order valence-electron chi connectivity index (χ3n) is 10.2. The fourth-order valence-electron chi connectivity index (χ4n) is 7.93. The van der Waals surface area contributed by atoms with Crippen LogP contribution in [0, 0.1) is 6.92 Å². The summed E-state index contributed by atoms with van der Waals surface area (Å²) in [5.41, 5.74) is 12.3. The van der Waals surface area contributed by atoms with E-state index >= 15 is 0 Å². The number of aryl methyl sites for hydroxylation is 1. The lowest BCUT2D eigenvalue weighted by Crippen LogP contribution is -1.96. The Hall–Kier alpha value is -6.18. The van der Waals surface area contributed by atoms with Crippen molar-refractivity contribution in [1.82, 2.24) is 4.57 Å². The van der Waals surface area contributed by atoms with Gasteiger partial charge in [-0.1, -0.05) is 145 Å². The van der Waals surface area contributed by atoms with E-state index in [1.807, 2.05) is 0 Å². The highest BCUT2D eigenvalue weighted by molar-refractivity contribution is 6.27. The molecule has 0 bridgehead atoms. The van der Waals surface area contributed by atoms with Crippen LogP contribution in [0.4, 0.5) is 0 Å². The van der Waals surface area contributed by atoms with Gasteiger partial charge in [0.15, 0.2) is 0 Å². The van der Waals surface area contributed by atoms with Crippen molar-refractivity contribution in [2.75, 3.05) is 0 Å². The van der Waals surface area contributed by atoms with Crippen molar-refractivity contribution < 1.29 is 0 Å². The van der Waals surface area contributed by atoms with Crippen LogP contribution in [0.3, 0.4) is 0 Å². The van der Waals surface area contributed by atoms with Gasteiger partial charge in [0.2, 0.25) is 0 Å². The summed E-state index contributed by atoms with van der Waals surface area (Å²) in [5, 5.41) is 10.3. The fraction of sp³-hybridized carbons (Fsp3) is 0.0213. The zero-order chi connectivity index (χ0) is 31.8. The average Bonchev–Trinajstić information content (AvgIpc) is 3.49. The van der Waals surface area contributed by atoms with Crippen molar-refractivity contribution in [3.63, 3.8) is 0 Å². The molecular weight excluding hydrogens is 579 g/mol. The number of hydrogen-bond acceptors (Lipinski definition) is 0. The Bertz CT molecular complexity index is 2770. The summed E-state index contributed by atoms with van der Waals surface area (Å²) in [4.78, 5) is 0. The molecule has 0 spiro atoms. The maximum absolute atomic E-state index is 2.43. The molecule has 1 nitrogen and oxygen atoms in total. The molecule has 224 valence electrons. The Balaban J connectivity index is 1.27. The van der Waals surface area contributed by atoms with Gasteiger partial charge in [0, 0.05) is 16.5 Å². The highest BCUT2D eigenvalue weighted by Gasteiger charge is 2.18. The number of para-hydroxylation sites is 2. The van der Waals surface area contributed by atoms with E-state index in [1.54, 1.807) is 0 Å². The Morgan fingerprint density at radius 3 is 1.50 bits per heavy atom. The first-order valence-electron chi connectivity index (χ1n) is 16.7. The molecule has 0 atom stereocenters. The van der Waals surface area contributed by atoms with E-state index in [2.05, 4.69) is 181 Å². The number of benzene rings is 9. The molecule has 0 N–H and O–H groups in total. The van der Waals surface area contributed by atoms with E-state index in [0.717, 1.165) is 5.69 Å². The standard InChI is InChI=1S/C47H31N/c1-30-15-17-32(18-16-30)38-23-19-33-22-26-43-39(24-20-34-21-25-42(38)46(33)47(34)43)36-27-35(31-9-3-2-4-10-31)28-37(29-36)48-44-13-7-5-11-40(44)41-12-6-8-14-45(41)48/h2-29H,1H3. The van der Waals surface area contributed by atoms with E-state index in [-0.39, 0.29) is 0 Å². The van der Waals surface area contributed by atoms with E-state index < -0.39 is 0 Å². The maximum Gasteiger partial charge on any atom is 0.0541 e. The molecule has 9 aromatic carbocycles. The maximum atomic E-state index is 2.43. The lowest BCUT2D eigenvalue weighted by molar-refractivity contribution is 1.18. The van der Waals surface area contributed by atoms with Crippen LogP contribution in [0.25, 0.3) is 93.2 Å². The molecule has 0 aliphatic heterocycles. The molecule has 10 aromatic rings. The molecule has 0 aliphatic carbocycles. The summed E-state index contributed by atoms with van der Waals surface area (Å²) in [6, 6.07) is 62.8. The summed E-state index contributed by atoms with van der Waals surface area (Å²) >= 11 is 0. The van der Waals surface area contributed by atoms with Gasteiger partial charge in [0.1, 0.15) is 0 Å². The lowest BCUT2D eigenvalue weighted by Gasteiger charge is -2.18. The molecule has 0 aliphatic rings. The Kier molecular flexibility index (Phi) is 5.86. The van der Waals surface area contributed by atoms with Crippen LogP contribution < -0.4 is 0 Å². The lowest BCUT2D eigenvalue weighted by atomic mass is 9.86. The van der Waals surface area contributed by atoms with Crippen molar-refractivity contribution in [3.8, 4) is 39.1 Å². The first kappa shape index (κ1) is 27.0. The molecule has 1 aromatic heterocycles. The van der Waals surface area contributed by atoms with Gasteiger partial charge in [-0.2, -0.15) is 0 Å². The Morgan fingerprint density at radius 1 is 0.354 bits per heavy atom. The Morgan fingerprint density at radius 2 is 0.875 bits per heavy atom. The molecule has 0 amide bonds. The third-order valence-corrected chi connectivity index (χ3v) is 10.2. The van der Waals surface area contributed by atoms with Crippen LogP contribution in [-0.2, 0) is 0 Å². The topological polar surface area (TPSA) is 4.93 Å². The minimum atomic E-state index is 1.16. The molecular formula is C47H31N. The largest absolute Gasteiger partial charge is 0.309 e. The van der Waals surface area contributed by atoms with Gasteiger partial charge in [0.05, 0.1) is 11.0 Å². The molecule has 1 heterocycles. The zero-order valence-corrected chi connectivity index (χ0v) is 26.6. The molecule has 1 heteroatoms. The summed E-state index contributed by atoms with van der Waals surface area (Å²) < 4.78 is 2.43. The Labute approximate surface area is 279 Å². The molecule has 48 heavy (non-hydrogen) atoms. The first-order chi connectivity index (χ1) is 23.7. The van der Waals surface area contributed by atoms with E-state index in [1.165, 1.54) is 93.1 Å². The second-order valence-corrected chi connectivity index (χ2v) is 13.0. The van der Waals surface area contributed by atoms with Crippen molar-refractivity contribution >= 4 is 54.1 Å². The minimum absolute atomic E-state index is 1.16.